The summed E-state index contributed by atoms with van der Waals surface area (Å²) in [5, 5.41) is 6.94. The zero-order chi connectivity index (χ0) is 21.8. The van der Waals surface area contributed by atoms with Gasteiger partial charge in [-0.05, 0) is 71.6 Å². The number of aryl methyl sites for hydroxylation is 1. The minimum atomic E-state index is 0. The van der Waals surface area contributed by atoms with Gasteiger partial charge in [-0.25, -0.2) is 4.99 Å². The minimum absolute atomic E-state index is 0. The highest BCUT2D eigenvalue weighted by Crippen LogP contribution is 2.21. The molecule has 1 aromatic carbocycles. The summed E-state index contributed by atoms with van der Waals surface area (Å²) < 4.78 is 11.4. The van der Waals surface area contributed by atoms with Crippen LogP contribution in [0.15, 0.2) is 23.2 Å². The van der Waals surface area contributed by atoms with Gasteiger partial charge in [0, 0.05) is 37.8 Å². The lowest BCUT2D eigenvalue weighted by Gasteiger charge is -2.35. The molecule has 1 aromatic rings. The summed E-state index contributed by atoms with van der Waals surface area (Å²) in [6.45, 7) is 17.4. The van der Waals surface area contributed by atoms with E-state index in [-0.39, 0.29) is 24.0 Å². The van der Waals surface area contributed by atoms with Crippen LogP contribution in [0, 0.1) is 12.8 Å². The summed E-state index contributed by atoms with van der Waals surface area (Å²) in [6.07, 6.45) is 2.56. The molecule has 0 aliphatic carbocycles. The Labute approximate surface area is 206 Å². The molecule has 178 valence electrons. The average Bonchev–Trinajstić information content (AvgIpc) is 2.74. The number of nitrogens with one attached hydrogen (secondary N) is 2. The Kier molecular flexibility index (Phi) is 14.2. The molecule has 6 nitrogen and oxygen atoms in total. The molecule has 1 heterocycles. The van der Waals surface area contributed by atoms with Gasteiger partial charge in [0.15, 0.2) is 5.96 Å². The first-order valence-corrected chi connectivity index (χ1v) is 11.6. The van der Waals surface area contributed by atoms with Gasteiger partial charge in [-0.1, -0.05) is 12.1 Å². The highest BCUT2D eigenvalue weighted by molar-refractivity contribution is 14.0. The Morgan fingerprint density at radius 1 is 1.23 bits per heavy atom. The lowest BCUT2D eigenvalue weighted by Crippen LogP contribution is -2.46. The van der Waals surface area contributed by atoms with E-state index < -0.39 is 0 Å². The molecule has 0 aromatic heterocycles. The van der Waals surface area contributed by atoms with Crippen molar-refractivity contribution < 1.29 is 9.47 Å². The molecule has 1 saturated heterocycles. The Bertz CT molecular complexity index is 654. The van der Waals surface area contributed by atoms with E-state index in [1.807, 2.05) is 6.92 Å². The van der Waals surface area contributed by atoms with E-state index in [1.165, 1.54) is 31.5 Å². The third kappa shape index (κ3) is 10.4. The van der Waals surface area contributed by atoms with Crippen molar-refractivity contribution in [2.45, 2.75) is 60.0 Å². The van der Waals surface area contributed by atoms with E-state index in [4.69, 9.17) is 14.5 Å². The second kappa shape index (κ2) is 15.7. The van der Waals surface area contributed by atoms with Crippen molar-refractivity contribution in [2.24, 2.45) is 10.9 Å². The van der Waals surface area contributed by atoms with Gasteiger partial charge in [0.1, 0.15) is 12.4 Å². The summed E-state index contributed by atoms with van der Waals surface area (Å²) in [5.41, 5.74) is 2.28. The van der Waals surface area contributed by atoms with Gasteiger partial charge in [0.2, 0.25) is 0 Å². The predicted molar refractivity (Wildman–Crippen MR) is 141 cm³/mol. The number of rotatable bonds is 11. The van der Waals surface area contributed by atoms with Gasteiger partial charge >= 0.3 is 0 Å². The molecule has 31 heavy (non-hydrogen) atoms. The molecule has 2 N–H and O–H groups in total. The largest absolute Gasteiger partial charge is 0.491 e. The van der Waals surface area contributed by atoms with E-state index in [2.05, 4.69) is 61.4 Å². The Morgan fingerprint density at radius 2 is 2.03 bits per heavy atom. The molecule has 0 bridgehead atoms. The van der Waals surface area contributed by atoms with Crippen LogP contribution in [0.2, 0.25) is 0 Å². The van der Waals surface area contributed by atoms with Crippen LogP contribution in [0.1, 0.15) is 51.7 Å². The third-order valence-electron chi connectivity index (χ3n) is 5.50. The quantitative estimate of drug-likeness (QED) is 0.189. The maximum absolute atomic E-state index is 5.96. The first-order chi connectivity index (χ1) is 14.5. The van der Waals surface area contributed by atoms with Crippen molar-refractivity contribution in [1.82, 2.24) is 15.5 Å². The van der Waals surface area contributed by atoms with Crippen LogP contribution in [0.5, 0.6) is 5.75 Å². The molecule has 2 rings (SSSR count). The van der Waals surface area contributed by atoms with Gasteiger partial charge < -0.3 is 25.0 Å². The molecule has 1 aliphatic rings. The average molecular weight is 547 g/mol. The molecule has 0 saturated carbocycles. The maximum atomic E-state index is 5.96. The van der Waals surface area contributed by atoms with Crippen molar-refractivity contribution in [2.75, 3.05) is 46.0 Å². The molecule has 0 radical (unpaired) electrons. The highest BCUT2D eigenvalue weighted by Gasteiger charge is 2.21. The van der Waals surface area contributed by atoms with Gasteiger partial charge in [0.25, 0.3) is 0 Å². The Hall–Kier alpha value is -1.06. The number of piperidine rings is 1. The van der Waals surface area contributed by atoms with Gasteiger partial charge in [-0.2, -0.15) is 0 Å². The molecular formula is C24H43IN4O2. The molecule has 7 heteroatoms. The normalized spacial score (nSPS) is 17.4. The molecule has 1 fully saturated rings. The van der Waals surface area contributed by atoms with Crippen LogP contribution in [0.25, 0.3) is 0 Å². The van der Waals surface area contributed by atoms with Gasteiger partial charge in [-0.15, -0.1) is 24.0 Å². The zero-order valence-electron chi connectivity index (χ0n) is 20.1. The minimum Gasteiger partial charge on any atom is -0.491 e. The van der Waals surface area contributed by atoms with E-state index in [1.54, 1.807) is 0 Å². The fourth-order valence-electron chi connectivity index (χ4n) is 3.76. The zero-order valence-corrected chi connectivity index (χ0v) is 22.4. The number of guanidine groups is 1. The van der Waals surface area contributed by atoms with Gasteiger partial charge in [-0.3, -0.25) is 0 Å². The van der Waals surface area contributed by atoms with Crippen molar-refractivity contribution in [3.8, 4) is 5.75 Å². The fourth-order valence-corrected chi connectivity index (χ4v) is 3.76. The number of aliphatic imine (C=N–C) groups is 1. The van der Waals surface area contributed by atoms with Crippen LogP contribution < -0.4 is 15.4 Å². The topological polar surface area (TPSA) is 58.1 Å². The molecular weight excluding hydrogens is 503 g/mol. The number of halogens is 1. The van der Waals surface area contributed by atoms with Crippen LogP contribution in [-0.2, 0) is 11.3 Å². The SMILES string of the molecule is CCNC(=NCc1ccc(C)cc1OCCOCC)NCC1CCCN(C(C)C)C1.I. The molecule has 0 amide bonds. The summed E-state index contributed by atoms with van der Waals surface area (Å²) in [7, 11) is 0. The van der Waals surface area contributed by atoms with Gasteiger partial charge in [0.05, 0.1) is 13.2 Å². The third-order valence-corrected chi connectivity index (χ3v) is 5.50. The number of hydrogen-bond acceptors (Lipinski definition) is 4. The smallest absolute Gasteiger partial charge is 0.191 e. The number of likely N-dealkylation sites (tertiary alicyclic amines) is 1. The second-order valence-corrected chi connectivity index (χ2v) is 8.33. The molecule has 0 spiro atoms. The Morgan fingerprint density at radius 3 is 2.74 bits per heavy atom. The summed E-state index contributed by atoms with van der Waals surface area (Å²) in [5.74, 6) is 2.44. The van der Waals surface area contributed by atoms with E-state index >= 15 is 0 Å². The molecule has 1 aliphatic heterocycles. The number of ether oxygens (including phenoxy) is 2. The lowest BCUT2D eigenvalue weighted by atomic mass is 9.97. The molecule has 1 atom stereocenters. The maximum Gasteiger partial charge on any atom is 0.191 e. The summed E-state index contributed by atoms with van der Waals surface area (Å²) in [6, 6.07) is 6.93. The summed E-state index contributed by atoms with van der Waals surface area (Å²) in [4.78, 5) is 7.41. The van der Waals surface area contributed by atoms with Crippen LogP contribution in [0.3, 0.4) is 0 Å². The number of benzene rings is 1. The van der Waals surface area contributed by atoms with Crippen LogP contribution >= 0.6 is 24.0 Å². The van der Waals surface area contributed by atoms with Crippen LogP contribution in [-0.4, -0.2) is 62.9 Å². The lowest BCUT2D eigenvalue weighted by molar-refractivity contribution is 0.110. The first kappa shape index (κ1) is 28.0. The first-order valence-electron chi connectivity index (χ1n) is 11.6. The fraction of sp³-hybridized carbons (Fsp3) is 0.708. The van der Waals surface area contributed by atoms with E-state index in [0.29, 0.717) is 38.3 Å². The van der Waals surface area contributed by atoms with E-state index in [9.17, 15) is 0 Å². The van der Waals surface area contributed by atoms with Crippen molar-refractivity contribution in [3.05, 3.63) is 29.3 Å². The van der Waals surface area contributed by atoms with Crippen molar-refractivity contribution >= 4 is 29.9 Å². The van der Waals surface area contributed by atoms with Crippen molar-refractivity contribution in [3.63, 3.8) is 0 Å². The number of hydrogen-bond donors (Lipinski definition) is 2. The van der Waals surface area contributed by atoms with E-state index in [0.717, 1.165) is 30.4 Å². The molecule has 1 unspecified atom stereocenters. The predicted octanol–water partition coefficient (Wildman–Crippen LogP) is 4.20. The summed E-state index contributed by atoms with van der Waals surface area (Å²) >= 11 is 0. The van der Waals surface area contributed by atoms with Crippen LogP contribution in [0.4, 0.5) is 0 Å². The monoisotopic (exact) mass is 546 g/mol. The Balaban J connectivity index is 0.00000480. The second-order valence-electron chi connectivity index (χ2n) is 8.33. The number of nitrogens with zero attached hydrogens (tertiary/aromatic N) is 2. The van der Waals surface area contributed by atoms with Crippen molar-refractivity contribution in [1.29, 1.82) is 0 Å². The standard InChI is InChI=1S/C24H42N4O2.HI/c1-6-25-24(26-16-21-9-8-12-28(18-21)19(3)4)27-17-22-11-10-20(5)15-23(22)30-14-13-29-7-2;/h10-11,15,19,21H,6-9,12-14,16-18H2,1-5H3,(H2,25,26,27);1H. The highest BCUT2D eigenvalue weighted by atomic mass is 127.